The van der Waals surface area contributed by atoms with Crippen molar-refractivity contribution in [3.05, 3.63) is 273 Å². The molecule has 10 aromatic rings. The van der Waals surface area contributed by atoms with E-state index in [0.29, 0.717) is 0 Å². The van der Waals surface area contributed by atoms with Gasteiger partial charge in [-0.2, -0.15) is 0 Å². The van der Waals surface area contributed by atoms with E-state index in [2.05, 4.69) is 309 Å². The van der Waals surface area contributed by atoms with E-state index < -0.39 is 0 Å². The predicted molar refractivity (Wildman–Crippen MR) is 327 cm³/mol. The molecule has 0 aromatic heterocycles. The summed E-state index contributed by atoms with van der Waals surface area (Å²) in [6.45, 7) is 27.3. The molecule has 0 saturated heterocycles. The summed E-state index contributed by atoms with van der Waals surface area (Å²) < 4.78 is 0. The molecular weight excluding hydrogens is 921 g/mol. The Morgan fingerprint density at radius 3 is 0.566 bits per heavy atom. The largest absolute Gasteiger partial charge is 0.310 e. The first kappa shape index (κ1) is 50.9. The lowest BCUT2D eigenvalue weighted by Crippen LogP contribution is -2.21. The second kappa shape index (κ2) is 21.3. The molecule has 0 unspecified atom stereocenters. The van der Waals surface area contributed by atoms with Gasteiger partial charge in [0.2, 0.25) is 0 Å². The zero-order valence-electron chi connectivity index (χ0n) is 46.4. The minimum absolute atomic E-state index is 1.09. The zero-order valence-corrected chi connectivity index (χ0v) is 46.4. The summed E-state index contributed by atoms with van der Waals surface area (Å²) in [5.41, 5.74) is 30.2. The van der Waals surface area contributed by atoms with Crippen LogP contribution in [0.4, 0.5) is 68.2 Å². The van der Waals surface area contributed by atoms with Crippen molar-refractivity contribution in [3.63, 3.8) is 0 Å². The Kier molecular flexibility index (Phi) is 14.3. The van der Waals surface area contributed by atoms with Crippen LogP contribution < -0.4 is 19.6 Å². The van der Waals surface area contributed by atoms with Gasteiger partial charge in [-0.05, 0) is 258 Å². The van der Waals surface area contributed by atoms with Gasteiger partial charge in [0.25, 0.3) is 0 Å². The minimum Gasteiger partial charge on any atom is -0.310 e. The molecule has 0 atom stereocenters. The van der Waals surface area contributed by atoms with Crippen LogP contribution in [-0.2, 0) is 0 Å². The van der Waals surface area contributed by atoms with Crippen molar-refractivity contribution >= 4 is 68.2 Å². The smallest absolute Gasteiger partial charge is 0.0547 e. The third-order valence-corrected chi connectivity index (χ3v) is 15.1. The van der Waals surface area contributed by atoms with Crippen LogP contribution >= 0.6 is 0 Å². The predicted octanol–water partition coefficient (Wildman–Crippen LogP) is 20.9. The molecule has 4 heteroatoms. The van der Waals surface area contributed by atoms with E-state index in [1.807, 2.05) is 0 Å². The van der Waals surface area contributed by atoms with Crippen LogP contribution in [0.2, 0.25) is 0 Å². The number of benzene rings is 10. The number of para-hydroxylation sites is 2. The van der Waals surface area contributed by atoms with Crippen molar-refractivity contribution in [3.8, 4) is 11.1 Å². The first-order valence-corrected chi connectivity index (χ1v) is 26.7. The van der Waals surface area contributed by atoms with Gasteiger partial charge in [-0.25, -0.2) is 0 Å². The van der Waals surface area contributed by atoms with E-state index in [1.165, 1.54) is 77.9 Å². The molecule has 0 fully saturated rings. The number of hydrogen-bond donors (Lipinski definition) is 0. The maximum Gasteiger partial charge on any atom is 0.0547 e. The average molecular weight is 991 g/mol. The van der Waals surface area contributed by atoms with Crippen LogP contribution in [0.5, 0.6) is 0 Å². The Labute approximate surface area is 452 Å². The summed E-state index contributed by atoms with van der Waals surface area (Å²) in [5, 5.41) is 0. The summed E-state index contributed by atoms with van der Waals surface area (Å²) in [4.78, 5) is 10.0. The van der Waals surface area contributed by atoms with Crippen molar-refractivity contribution in [1.29, 1.82) is 0 Å². The second-order valence-electron chi connectivity index (χ2n) is 20.9. The van der Waals surface area contributed by atoms with Gasteiger partial charge in [0.15, 0.2) is 0 Å². The maximum atomic E-state index is 2.52. The molecule has 0 heterocycles. The lowest BCUT2D eigenvalue weighted by Gasteiger charge is -2.39. The third kappa shape index (κ3) is 9.68. The molecule has 0 spiro atoms. The molecule has 76 heavy (non-hydrogen) atoms. The van der Waals surface area contributed by atoms with Gasteiger partial charge in [-0.3, -0.25) is 0 Å². The van der Waals surface area contributed by atoms with E-state index in [0.717, 1.165) is 68.2 Å². The van der Waals surface area contributed by atoms with Crippen LogP contribution in [0.3, 0.4) is 0 Å². The lowest BCUT2D eigenvalue weighted by atomic mass is 9.82. The quantitative estimate of drug-likeness (QED) is 0.114. The normalized spacial score (nSPS) is 11.2. The van der Waals surface area contributed by atoms with Crippen LogP contribution in [0, 0.1) is 83.1 Å². The van der Waals surface area contributed by atoms with Crippen LogP contribution in [-0.4, -0.2) is 0 Å². The highest BCUT2D eigenvalue weighted by atomic mass is 15.2. The molecule has 378 valence electrons. The number of hydrogen-bond acceptors (Lipinski definition) is 4. The molecule has 0 aliphatic heterocycles. The SMILES string of the molecule is Cc1cccc(N(c2ccccc2)c2c(C)c(-c3c(C)c(N(c4ccccc4)c4cccc(C)c4)c(C)c(N(c4cccc(C)c4)c4cccc(C)c4)c3C)c(C)c(N(c3cccc(C)c3)c3cccc(C)c3)c2C)c1. The molecule has 0 radical (unpaired) electrons. The summed E-state index contributed by atoms with van der Waals surface area (Å²) in [6.07, 6.45) is 0. The van der Waals surface area contributed by atoms with Gasteiger partial charge >= 0.3 is 0 Å². The fourth-order valence-electron chi connectivity index (χ4n) is 11.9. The van der Waals surface area contributed by atoms with Crippen molar-refractivity contribution in [1.82, 2.24) is 0 Å². The highest BCUT2D eigenvalue weighted by molar-refractivity contribution is 6.01. The molecule has 0 bridgehead atoms. The van der Waals surface area contributed by atoms with E-state index in [-0.39, 0.29) is 0 Å². The highest BCUT2D eigenvalue weighted by Gasteiger charge is 2.34. The van der Waals surface area contributed by atoms with Crippen molar-refractivity contribution in [2.75, 3.05) is 19.6 Å². The third-order valence-electron chi connectivity index (χ3n) is 15.1. The Bertz CT molecular complexity index is 3420. The molecule has 0 aliphatic rings. The maximum absolute atomic E-state index is 2.52. The van der Waals surface area contributed by atoms with Crippen LogP contribution in [0.1, 0.15) is 66.8 Å². The van der Waals surface area contributed by atoms with E-state index in [4.69, 9.17) is 0 Å². The highest BCUT2D eigenvalue weighted by Crippen LogP contribution is 2.56. The molecule has 0 aliphatic carbocycles. The van der Waals surface area contributed by atoms with Gasteiger partial charge in [-0.1, -0.05) is 109 Å². The fourth-order valence-corrected chi connectivity index (χ4v) is 11.9. The van der Waals surface area contributed by atoms with E-state index in [1.54, 1.807) is 0 Å². The molecular formula is C72H70N4. The van der Waals surface area contributed by atoms with Crippen LogP contribution in [0.15, 0.2) is 206 Å². The number of rotatable bonds is 13. The topological polar surface area (TPSA) is 13.0 Å². The molecule has 0 N–H and O–H groups in total. The summed E-state index contributed by atoms with van der Waals surface area (Å²) in [5.74, 6) is 0. The summed E-state index contributed by atoms with van der Waals surface area (Å²) in [7, 11) is 0. The number of anilines is 12. The van der Waals surface area contributed by atoms with E-state index >= 15 is 0 Å². The molecule has 4 nitrogen and oxygen atoms in total. The molecule has 0 saturated carbocycles. The zero-order chi connectivity index (χ0) is 53.4. The Balaban J connectivity index is 1.44. The first-order valence-electron chi connectivity index (χ1n) is 26.7. The van der Waals surface area contributed by atoms with Gasteiger partial charge in [-0.15, -0.1) is 0 Å². The summed E-state index contributed by atoms with van der Waals surface area (Å²) >= 11 is 0. The Morgan fingerprint density at radius 1 is 0.184 bits per heavy atom. The van der Waals surface area contributed by atoms with E-state index in [9.17, 15) is 0 Å². The average Bonchev–Trinajstić information content (AvgIpc) is 3.45. The number of aryl methyl sites for hydroxylation is 6. The lowest BCUT2D eigenvalue weighted by molar-refractivity contribution is 1.14. The van der Waals surface area contributed by atoms with Gasteiger partial charge in [0.05, 0.1) is 22.7 Å². The van der Waals surface area contributed by atoms with Gasteiger partial charge in [0, 0.05) is 45.5 Å². The van der Waals surface area contributed by atoms with Gasteiger partial charge < -0.3 is 19.6 Å². The van der Waals surface area contributed by atoms with Gasteiger partial charge in [0.1, 0.15) is 0 Å². The molecule has 10 aromatic carbocycles. The minimum atomic E-state index is 1.09. The van der Waals surface area contributed by atoms with Crippen molar-refractivity contribution < 1.29 is 0 Å². The van der Waals surface area contributed by atoms with Crippen molar-refractivity contribution in [2.24, 2.45) is 0 Å². The first-order chi connectivity index (χ1) is 36.7. The summed E-state index contributed by atoms with van der Waals surface area (Å²) in [6, 6.07) is 75.7. The standard InChI is InChI=1S/C72H70N4/c1-47-25-19-35-61(41-47)73(59-31-15-13-16-32-59)69-53(7)67(55(9)71(57(69)11)75(63-37-21-27-49(3)43-63)64-38-22-28-50(4)44-64)68-54(8)70(74(60-33-17-14-18-34-60)62-36-20-26-48(2)42-62)58(12)72(56(68)10)76(65-39-23-29-51(5)45-65)66-40-24-30-52(6)46-66/h13-46H,1-12H3. The fraction of sp³-hybridized carbons (Fsp3) is 0.167. The molecule has 10 rings (SSSR count). The second-order valence-corrected chi connectivity index (χ2v) is 20.9. The van der Waals surface area contributed by atoms with Crippen LogP contribution in [0.25, 0.3) is 11.1 Å². The monoisotopic (exact) mass is 991 g/mol. The number of nitrogens with zero attached hydrogens (tertiary/aromatic N) is 4. The van der Waals surface area contributed by atoms with Crippen molar-refractivity contribution in [2.45, 2.75) is 83.1 Å². The molecule has 0 amide bonds. The Morgan fingerprint density at radius 2 is 0.368 bits per heavy atom. The Hall–Kier alpha value is -8.60.